The largest absolute Gasteiger partial charge is 0.467 e. The van der Waals surface area contributed by atoms with Gasteiger partial charge >= 0.3 is 0 Å². The van der Waals surface area contributed by atoms with Crippen LogP contribution in [0.2, 0.25) is 5.02 Å². The Hall–Kier alpha value is -2.00. The van der Waals surface area contributed by atoms with Gasteiger partial charge in [0.05, 0.1) is 11.8 Å². The Morgan fingerprint density at radius 1 is 1.14 bits per heavy atom. The van der Waals surface area contributed by atoms with Crippen molar-refractivity contribution < 1.29 is 4.74 Å². The normalized spacial score (nSPS) is 21.7. The number of hydrogen-bond acceptors (Lipinski definition) is 3. The molecule has 0 amide bonds. The summed E-state index contributed by atoms with van der Waals surface area (Å²) in [6, 6.07) is 16.3. The average molecular weight is 313 g/mol. The van der Waals surface area contributed by atoms with Crippen molar-refractivity contribution in [2.75, 3.05) is 0 Å². The second kappa shape index (κ2) is 4.75. The van der Waals surface area contributed by atoms with Crippen LogP contribution in [0.3, 0.4) is 0 Å². The number of rotatable bonds is 1. The molecule has 2 aromatic rings. The molecular weight excluding hydrogens is 296 g/mol. The van der Waals surface area contributed by atoms with Gasteiger partial charge in [0, 0.05) is 17.0 Å². The minimum absolute atomic E-state index is 0.227. The summed E-state index contributed by atoms with van der Waals surface area (Å²) in [6.07, 6.45) is 0.880. The van der Waals surface area contributed by atoms with Gasteiger partial charge in [-0.3, -0.25) is 0 Å². The third kappa shape index (κ3) is 2.08. The van der Waals surface area contributed by atoms with E-state index in [9.17, 15) is 0 Å². The first-order valence-corrected chi connectivity index (χ1v) is 7.83. The van der Waals surface area contributed by atoms with Crippen LogP contribution in [-0.2, 0) is 0 Å². The van der Waals surface area contributed by atoms with Crippen LogP contribution in [-0.4, -0.2) is 16.4 Å². The lowest BCUT2D eigenvalue weighted by molar-refractivity contribution is -0.0911. The molecule has 0 aromatic heterocycles. The second-order valence-corrected chi connectivity index (χ2v) is 6.64. The number of hydrazone groups is 1. The Balaban J connectivity index is 1.76. The highest BCUT2D eigenvalue weighted by Crippen LogP contribution is 2.46. The predicted octanol–water partition coefficient (Wildman–Crippen LogP) is 4.62. The third-order valence-electron chi connectivity index (χ3n) is 4.28. The van der Waals surface area contributed by atoms with Crippen LogP contribution in [0, 0.1) is 0 Å². The lowest BCUT2D eigenvalue weighted by Crippen LogP contribution is -2.48. The van der Waals surface area contributed by atoms with E-state index in [0.29, 0.717) is 0 Å². The number of nitrogens with zero attached hydrogens (tertiary/aromatic N) is 2. The number of benzene rings is 2. The zero-order valence-corrected chi connectivity index (χ0v) is 13.3. The molecule has 0 radical (unpaired) electrons. The zero-order valence-electron chi connectivity index (χ0n) is 12.6. The van der Waals surface area contributed by atoms with Crippen molar-refractivity contribution in [1.82, 2.24) is 5.01 Å². The van der Waals surface area contributed by atoms with Crippen LogP contribution >= 0.6 is 11.6 Å². The Bertz CT molecular complexity index is 752. The van der Waals surface area contributed by atoms with Gasteiger partial charge in [0.25, 0.3) is 0 Å². The molecule has 0 aliphatic carbocycles. The maximum absolute atomic E-state index is 6.13. The third-order valence-corrected chi connectivity index (χ3v) is 4.53. The van der Waals surface area contributed by atoms with E-state index >= 15 is 0 Å². The zero-order chi connectivity index (χ0) is 15.3. The van der Waals surface area contributed by atoms with E-state index in [1.54, 1.807) is 0 Å². The lowest BCUT2D eigenvalue weighted by atomic mass is 9.95. The van der Waals surface area contributed by atoms with Crippen molar-refractivity contribution in [2.24, 2.45) is 5.10 Å². The molecule has 1 atom stereocenters. The summed E-state index contributed by atoms with van der Waals surface area (Å²) in [5.74, 6) is 0.960. The summed E-state index contributed by atoms with van der Waals surface area (Å²) >= 11 is 5.98. The molecule has 2 aromatic carbocycles. The highest BCUT2D eigenvalue weighted by molar-refractivity contribution is 6.30. The first-order chi connectivity index (χ1) is 10.5. The van der Waals surface area contributed by atoms with Gasteiger partial charge in [-0.25, -0.2) is 5.01 Å². The highest BCUT2D eigenvalue weighted by Gasteiger charge is 2.44. The fourth-order valence-electron chi connectivity index (χ4n) is 3.23. The number of hydrogen-bond donors (Lipinski definition) is 0. The average Bonchev–Trinajstić information content (AvgIpc) is 2.94. The Morgan fingerprint density at radius 2 is 1.86 bits per heavy atom. The number of fused-ring (bicyclic) bond motifs is 3. The first kappa shape index (κ1) is 13.6. The van der Waals surface area contributed by atoms with Crippen LogP contribution in [0.25, 0.3) is 0 Å². The quantitative estimate of drug-likeness (QED) is 0.767. The Morgan fingerprint density at radius 3 is 2.64 bits per heavy atom. The summed E-state index contributed by atoms with van der Waals surface area (Å²) in [5.41, 5.74) is 2.95. The van der Waals surface area contributed by atoms with Crippen LogP contribution in [0.1, 0.15) is 37.4 Å². The standard InChI is InChI=1S/C18H17ClN2O/c1-18(2)21-16(14-5-3-4-6-17(14)22-18)11-15(20-21)12-7-9-13(19)10-8-12/h3-10,16H,11H2,1-2H3/t16-/m1/s1. The van der Waals surface area contributed by atoms with Gasteiger partial charge < -0.3 is 4.74 Å². The summed E-state index contributed by atoms with van der Waals surface area (Å²) in [7, 11) is 0. The predicted molar refractivity (Wildman–Crippen MR) is 88.3 cm³/mol. The van der Waals surface area contributed by atoms with E-state index in [0.717, 1.165) is 28.5 Å². The van der Waals surface area contributed by atoms with Gasteiger partial charge in [0.1, 0.15) is 5.75 Å². The molecule has 3 nitrogen and oxygen atoms in total. The Kier molecular flexibility index (Phi) is 2.95. The van der Waals surface area contributed by atoms with Crippen molar-refractivity contribution in [1.29, 1.82) is 0 Å². The fraction of sp³-hybridized carbons (Fsp3) is 0.278. The van der Waals surface area contributed by atoms with E-state index in [4.69, 9.17) is 21.4 Å². The summed E-state index contributed by atoms with van der Waals surface area (Å²) in [6.45, 7) is 4.12. The maximum Gasteiger partial charge on any atom is 0.192 e. The number of halogens is 1. The topological polar surface area (TPSA) is 24.8 Å². The number of ether oxygens (including phenoxy) is 1. The van der Waals surface area contributed by atoms with E-state index in [2.05, 4.69) is 31.0 Å². The molecule has 0 N–H and O–H groups in total. The number of para-hydroxylation sites is 1. The smallest absolute Gasteiger partial charge is 0.192 e. The van der Waals surface area contributed by atoms with Crippen molar-refractivity contribution in [3.63, 3.8) is 0 Å². The summed E-state index contributed by atoms with van der Waals surface area (Å²) in [4.78, 5) is 0. The van der Waals surface area contributed by atoms with Gasteiger partial charge in [-0.15, -0.1) is 0 Å². The van der Waals surface area contributed by atoms with Gasteiger partial charge in [-0.05, 0) is 37.6 Å². The molecule has 0 bridgehead atoms. The monoisotopic (exact) mass is 312 g/mol. The van der Waals surface area contributed by atoms with Gasteiger partial charge in [-0.1, -0.05) is 41.9 Å². The van der Waals surface area contributed by atoms with E-state index < -0.39 is 5.72 Å². The van der Waals surface area contributed by atoms with E-state index in [-0.39, 0.29) is 6.04 Å². The van der Waals surface area contributed by atoms with Crippen molar-refractivity contribution in [2.45, 2.75) is 32.0 Å². The molecule has 0 saturated carbocycles. The molecular formula is C18H17ClN2O. The van der Waals surface area contributed by atoms with Crippen LogP contribution in [0.4, 0.5) is 0 Å². The molecule has 2 heterocycles. The molecule has 0 unspecified atom stereocenters. The molecule has 2 aliphatic rings. The molecule has 4 rings (SSSR count). The molecule has 0 fully saturated rings. The van der Waals surface area contributed by atoms with Crippen molar-refractivity contribution in [3.8, 4) is 5.75 Å². The lowest BCUT2D eigenvalue weighted by Gasteiger charge is -2.43. The fourth-order valence-corrected chi connectivity index (χ4v) is 3.36. The summed E-state index contributed by atoms with van der Waals surface area (Å²) in [5, 5.41) is 7.67. The highest BCUT2D eigenvalue weighted by atomic mass is 35.5. The summed E-state index contributed by atoms with van der Waals surface area (Å²) < 4.78 is 6.13. The van der Waals surface area contributed by atoms with Crippen molar-refractivity contribution >= 4 is 17.3 Å². The molecule has 22 heavy (non-hydrogen) atoms. The van der Waals surface area contributed by atoms with Crippen LogP contribution in [0.5, 0.6) is 5.75 Å². The first-order valence-electron chi connectivity index (χ1n) is 7.45. The molecule has 4 heteroatoms. The van der Waals surface area contributed by atoms with E-state index in [1.165, 1.54) is 5.56 Å². The van der Waals surface area contributed by atoms with Crippen molar-refractivity contribution in [3.05, 3.63) is 64.7 Å². The molecule has 0 spiro atoms. The molecule has 0 saturated heterocycles. The van der Waals surface area contributed by atoms with Crippen LogP contribution < -0.4 is 4.74 Å². The minimum Gasteiger partial charge on any atom is -0.467 e. The maximum atomic E-state index is 6.13. The van der Waals surface area contributed by atoms with Crippen LogP contribution in [0.15, 0.2) is 53.6 Å². The second-order valence-electron chi connectivity index (χ2n) is 6.20. The van der Waals surface area contributed by atoms with E-state index in [1.807, 2.05) is 36.4 Å². The molecule has 2 aliphatic heterocycles. The SMILES string of the molecule is CC1(C)Oc2ccccc2[C@H]2CC(c3ccc(Cl)cc3)=NN21. The minimum atomic E-state index is -0.451. The Labute approximate surface area is 135 Å². The van der Waals surface area contributed by atoms with Gasteiger partial charge in [0.15, 0.2) is 5.72 Å². The molecule has 112 valence electrons. The van der Waals surface area contributed by atoms with Gasteiger partial charge in [-0.2, -0.15) is 5.10 Å². The van der Waals surface area contributed by atoms with Gasteiger partial charge in [0.2, 0.25) is 0 Å².